The zero-order valence-corrected chi connectivity index (χ0v) is 28.5. The second-order valence-corrected chi connectivity index (χ2v) is 13.4. The third-order valence-electron chi connectivity index (χ3n) is 8.93. The second kappa shape index (κ2) is 13.2. The number of nitrogens with zero attached hydrogens (tertiary/aromatic N) is 4. The molecule has 0 saturated heterocycles. The minimum Gasteiger partial charge on any atom is -0.354 e. The van der Waals surface area contributed by atoms with Gasteiger partial charge in [0.25, 0.3) is 11.8 Å². The van der Waals surface area contributed by atoms with Gasteiger partial charge in [-0.1, -0.05) is 133 Å². The highest BCUT2D eigenvalue weighted by molar-refractivity contribution is 7.99. The van der Waals surface area contributed by atoms with Gasteiger partial charge in [0, 0.05) is 20.9 Å². The molecule has 0 spiro atoms. The van der Waals surface area contributed by atoms with Crippen LogP contribution < -0.4 is 15.1 Å². The van der Waals surface area contributed by atoms with E-state index in [0.29, 0.717) is 34.4 Å². The molecule has 0 radical (unpaired) electrons. The van der Waals surface area contributed by atoms with Gasteiger partial charge in [0.2, 0.25) is 0 Å². The maximum absolute atomic E-state index is 14.0. The number of amidine groups is 2. The number of fused-ring (bicyclic) bond motifs is 2. The normalized spacial score (nSPS) is 16.5. The highest BCUT2D eigenvalue weighted by Crippen LogP contribution is 2.47. The molecule has 0 aliphatic carbocycles. The molecule has 0 saturated carbocycles. The summed E-state index contributed by atoms with van der Waals surface area (Å²) in [6, 6.07) is 50.9. The minimum absolute atomic E-state index is 0.196. The largest absolute Gasteiger partial charge is 0.354 e. The smallest absolute Gasteiger partial charge is 0.282 e. The molecule has 0 aromatic heterocycles. The van der Waals surface area contributed by atoms with Crippen molar-refractivity contribution in [2.24, 2.45) is 9.98 Å². The minimum atomic E-state index is -0.196. The van der Waals surface area contributed by atoms with Crippen LogP contribution in [-0.4, -0.2) is 23.5 Å². The van der Waals surface area contributed by atoms with Crippen LogP contribution in [-0.2, 0) is 9.59 Å². The Morgan fingerprint density at radius 1 is 0.481 bits per heavy atom. The number of anilines is 4. The number of carbonyl (C=O) groups excluding carboxylic acids is 2. The molecule has 9 rings (SSSR count). The molecule has 0 unspecified atom stereocenters. The zero-order chi connectivity index (χ0) is 35.0. The fourth-order valence-corrected chi connectivity index (χ4v) is 7.48. The van der Waals surface area contributed by atoms with Crippen molar-refractivity contribution >= 4 is 70.1 Å². The molecule has 6 aromatic carbocycles. The lowest BCUT2D eigenvalue weighted by molar-refractivity contribution is -0.114. The number of aliphatic imine (C=N–C) groups is 2. The van der Waals surface area contributed by atoms with E-state index in [2.05, 4.69) is 5.32 Å². The second-order valence-electron chi connectivity index (χ2n) is 12.4. The van der Waals surface area contributed by atoms with Crippen LogP contribution >= 0.6 is 11.8 Å². The topological polar surface area (TPSA) is 77.4 Å². The average Bonchev–Trinajstić information content (AvgIpc) is 3.70. The Hall–Kier alpha value is -6.77. The summed E-state index contributed by atoms with van der Waals surface area (Å²) in [5.41, 5.74) is 7.51. The Morgan fingerprint density at radius 2 is 0.865 bits per heavy atom. The molecule has 52 heavy (non-hydrogen) atoms. The monoisotopic (exact) mass is 691 g/mol. The molecule has 0 atom stereocenters. The van der Waals surface area contributed by atoms with Gasteiger partial charge < -0.3 is 5.32 Å². The SMILES string of the molecule is O=C1/C(=C/c2ccccc2)N=C(c2ccccc2)N1c1ccc2c(c1)Sc1cc(N3C(=O)/C(=C\c4ccccc4)N=C3c3ccccc3)ccc1N2. The third kappa shape index (κ3) is 5.81. The Morgan fingerprint density at radius 3 is 1.27 bits per heavy atom. The van der Waals surface area contributed by atoms with Crippen LogP contribution in [0.4, 0.5) is 22.7 Å². The van der Waals surface area contributed by atoms with Crippen molar-refractivity contribution in [3.05, 3.63) is 191 Å². The van der Waals surface area contributed by atoms with Crippen LogP contribution in [0.3, 0.4) is 0 Å². The van der Waals surface area contributed by atoms with Gasteiger partial charge in [0.05, 0.1) is 22.7 Å². The van der Waals surface area contributed by atoms with Gasteiger partial charge in [-0.2, -0.15) is 0 Å². The number of hydrogen-bond donors (Lipinski definition) is 1. The van der Waals surface area contributed by atoms with E-state index in [1.165, 1.54) is 0 Å². The van der Waals surface area contributed by atoms with Crippen molar-refractivity contribution in [2.45, 2.75) is 9.79 Å². The van der Waals surface area contributed by atoms with Crippen LogP contribution in [0.2, 0.25) is 0 Å². The first-order valence-electron chi connectivity index (χ1n) is 16.8. The lowest BCUT2D eigenvalue weighted by atomic mass is 10.1. The molecular formula is C44H29N5O2S. The third-order valence-corrected chi connectivity index (χ3v) is 10.0. The van der Waals surface area contributed by atoms with Crippen molar-refractivity contribution < 1.29 is 9.59 Å². The number of rotatable bonds is 6. The van der Waals surface area contributed by atoms with E-state index in [9.17, 15) is 9.59 Å². The summed E-state index contributed by atoms with van der Waals surface area (Å²) in [6.45, 7) is 0. The van der Waals surface area contributed by atoms with Gasteiger partial charge >= 0.3 is 0 Å². The fourth-order valence-electron chi connectivity index (χ4n) is 6.43. The summed E-state index contributed by atoms with van der Waals surface area (Å²) in [5, 5.41) is 3.56. The first-order chi connectivity index (χ1) is 25.6. The molecule has 8 heteroatoms. The van der Waals surface area contributed by atoms with E-state index in [4.69, 9.17) is 9.98 Å². The number of benzene rings is 6. The highest BCUT2D eigenvalue weighted by atomic mass is 32.2. The molecule has 3 aliphatic heterocycles. The first kappa shape index (κ1) is 31.2. The number of carbonyl (C=O) groups is 2. The summed E-state index contributed by atoms with van der Waals surface area (Å²) >= 11 is 1.58. The number of nitrogens with one attached hydrogen (secondary N) is 1. The van der Waals surface area contributed by atoms with Gasteiger partial charge in [-0.25, -0.2) is 9.98 Å². The van der Waals surface area contributed by atoms with E-state index < -0.39 is 0 Å². The summed E-state index contributed by atoms with van der Waals surface area (Å²) in [4.78, 5) is 43.0. The Bertz CT molecular complexity index is 2320. The Balaban J connectivity index is 1.06. The van der Waals surface area contributed by atoms with Crippen LogP contribution in [0.25, 0.3) is 12.2 Å². The van der Waals surface area contributed by atoms with E-state index in [1.807, 2.05) is 170 Å². The molecule has 3 aliphatic rings. The highest BCUT2D eigenvalue weighted by Gasteiger charge is 2.35. The summed E-state index contributed by atoms with van der Waals surface area (Å²) in [5.74, 6) is 0.755. The predicted octanol–water partition coefficient (Wildman–Crippen LogP) is 9.56. The standard InChI is InChI=1S/C44H29N5O2S/c50-43-37(25-29-13-5-1-6-14-29)46-41(31-17-9-3-10-18-31)48(43)33-21-23-35-39(27-33)52-40-28-34(22-24-36(40)45-35)49-42(32-19-11-4-12-20-32)47-38(44(49)51)26-30-15-7-2-8-16-30/h1-28,45H/b37-25-,38-26+. The number of amides is 2. The molecule has 0 fully saturated rings. The maximum atomic E-state index is 14.0. The van der Waals surface area contributed by atoms with Gasteiger partial charge in [0.15, 0.2) is 0 Å². The van der Waals surface area contributed by atoms with Gasteiger partial charge in [0.1, 0.15) is 23.1 Å². The quantitative estimate of drug-likeness (QED) is 0.176. The van der Waals surface area contributed by atoms with Crippen molar-refractivity contribution in [2.75, 3.05) is 15.1 Å². The Kier molecular flexibility index (Phi) is 7.91. The lowest BCUT2D eigenvalue weighted by Gasteiger charge is -2.26. The van der Waals surface area contributed by atoms with Gasteiger partial charge in [-0.3, -0.25) is 19.4 Å². The summed E-state index contributed by atoms with van der Waals surface area (Å²) in [6.07, 6.45) is 3.65. The molecule has 248 valence electrons. The Labute approximate surface area is 305 Å². The maximum Gasteiger partial charge on any atom is 0.282 e. The molecule has 7 nitrogen and oxygen atoms in total. The van der Waals surface area contributed by atoms with Crippen molar-refractivity contribution in [1.82, 2.24) is 0 Å². The molecule has 0 bridgehead atoms. The van der Waals surface area contributed by atoms with E-state index in [0.717, 1.165) is 43.4 Å². The van der Waals surface area contributed by atoms with E-state index in [1.54, 1.807) is 21.6 Å². The van der Waals surface area contributed by atoms with E-state index >= 15 is 0 Å². The zero-order valence-electron chi connectivity index (χ0n) is 27.7. The average molecular weight is 692 g/mol. The predicted molar refractivity (Wildman–Crippen MR) is 210 cm³/mol. The van der Waals surface area contributed by atoms with Crippen LogP contribution in [0.5, 0.6) is 0 Å². The van der Waals surface area contributed by atoms with Crippen LogP contribution in [0.1, 0.15) is 22.3 Å². The van der Waals surface area contributed by atoms with Crippen molar-refractivity contribution in [3.63, 3.8) is 0 Å². The van der Waals surface area contributed by atoms with Crippen LogP contribution in [0, 0.1) is 0 Å². The molecule has 2 amide bonds. The van der Waals surface area contributed by atoms with Crippen LogP contribution in [0.15, 0.2) is 189 Å². The number of hydrogen-bond acceptors (Lipinski definition) is 6. The van der Waals surface area contributed by atoms with Gasteiger partial charge in [-0.05, 0) is 59.7 Å². The fraction of sp³-hybridized carbons (Fsp3) is 0. The molecule has 3 heterocycles. The summed E-state index contributed by atoms with van der Waals surface area (Å²) in [7, 11) is 0. The molecular weight excluding hydrogens is 663 g/mol. The van der Waals surface area contributed by atoms with Crippen molar-refractivity contribution in [1.29, 1.82) is 0 Å². The lowest BCUT2D eigenvalue weighted by Crippen LogP contribution is -2.32. The van der Waals surface area contributed by atoms with Crippen molar-refractivity contribution in [3.8, 4) is 0 Å². The summed E-state index contributed by atoms with van der Waals surface area (Å²) < 4.78 is 0. The molecule has 6 aromatic rings. The van der Waals surface area contributed by atoms with Gasteiger partial charge in [-0.15, -0.1) is 0 Å². The molecule has 1 N–H and O–H groups in total. The first-order valence-corrected chi connectivity index (χ1v) is 17.6. The van der Waals surface area contributed by atoms with E-state index in [-0.39, 0.29) is 11.8 Å².